The summed E-state index contributed by atoms with van der Waals surface area (Å²) in [5.74, 6) is 1.06. The van der Waals surface area contributed by atoms with Crippen LogP contribution in [-0.4, -0.2) is 48.2 Å². The minimum absolute atomic E-state index is 0.0161. The molecule has 10 nitrogen and oxygen atoms in total. The second-order valence-corrected chi connectivity index (χ2v) is 7.22. The average molecular weight is 460 g/mol. The lowest BCUT2D eigenvalue weighted by atomic mass is 10.1. The van der Waals surface area contributed by atoms with Crippen molar-refractivity contribution in [1.29, 1.82) is 5.26 Å². The molecule has 1 amide bonds. The summed E-state index contributed by atoms with van der Waals surface area (Å²) >= 11 is 0. The molecule has 3 aromatic rings. The highest BCUT2D eigenvalue weighted by Crippen LogP contribution is 2.30. The van der Waals surface area contributed by atoms with Gasteiger partial charge < -0.3 is 25.4 Å². The molecule has 0 aliphatic heterocycles. The molecule has 3 rings (SSSR count). The number of hydrogen-bond acceptors (Lipinski definition) is 9. The summed E-state index contributed by atoms with van der Waals surface area (Å²) < 4.78 is 11.4. The number of allylic oxidation sites excluding steroid dienone is 1. The molecule has 2 aromatic carbocycles. The Bertz CT molecular complexity index is 1220. The number of nitrogens with zero attached hydrogens (tertiary/aromatic N) is 5. The average Bonchev–Trinajstić information content (AvgIpc) is 2.82. The van der Waals surface area contributed by atoms with E-state index < -0.39 is 0 Å². The third-order valence-corrected chi connectivity index (χ3v) is 4.40. The molecule has 0 atom stereocenters. The van der Waals surface area contributed by atoms with Crippen molar-refractivity contribution in [2.24, 2.45) is 0 Å². The standard InChI is InChI=1S/C24H25N7O3/c1-4-33-20-13-16(12-17(14-25)22-28-23(26)30-24(29-22)31(2)3)10-11-19(20)34-15-21(32)27-18-8-6-5-7-9-18/h5-13H,4,15H2,1-3H3,(H,27,32)(H2,26,28,29,30)/b17-12+. The molecule has 34 heavy (non-hydrogen) atoms. The van der Waals surface area contributed by atoms with Gasteiger partial charge >= 0.3 is 0 Å². The summed E-state index contributed by atoms with van der Waals surface area (Å²) in [6.45, 7) is 2.04. The number of rotatable bonds is 9. The zero-order chi connectivity index (χ0) is 24.5. The third-order valence-electron chi connectivity index (χ3n) is 4.40. The Morgan fingerprint density at radius 2 is 1.88 bits per heavy atom. The summed E-state index contributed by atoms with van der Waals surface area (Å²) in [5.41, 5.74) is 7.32. The number of anilines is 3. The fraction of sp³-hybridized carbons (Fsp3) is 0.208. The minimum Gasteiger partial charge on any atom is -0.490 e. The molecule has 0 fully saturated rings. The van der Waals surface area contributed by atoms with Crippen molar-refractivity contribution in [2.45, 2.75) is 6.92 Å². The van der Waals surface area contributed by atoms with Gasteiger partial charge in [0.1, 0.15) is 6.07 Å². The lowest BCUT2D eigenvalue weighted by Crippen LogP contribution is -2.20. The summed E-state index contributed by atoms with van der Waals surface area (Å²) in [7, 11) is 3.53. The van der Waals surface area contributed by atoms with Crippen LogP contribution in [-0.2, 0) is 4.79 Å². The molecule has 0 unspecified atom stereocenters. The second-order valence-electron chi connectivity index (χ2n) is 7.22. The quantitative estimate of drug-likeness (QED) is 0.462. The molecule has 174 valence electrons. The van der Waals surface area contributed by atoms with E-state index in [1.807, 2.05) is 25.1 Å². The number of ether oxygens (including phenoxy) is 2. The Kier molecular flexibility index (Phi) is 7.97. The van der Waals surface area contributed by atoms with Crippen LogP contribution in [0.1, 0.15) is 18.3 Å². The highest BCUT2D eigenvalue weighted by Gasteiger charge is 2.13. The highest BCUT2D eigenvalue weighted by molar-refractivity contribution is 5.92. The van der Waals surface area contributed by atoms with Crippen molar-refractivity contribution in [2.75, 3.05) is 43.3 Å². The molecule has 1 heterocycles. The number of nitriles is 1. The largest absolute Gasteiger partial charge is 0.490 e. The van der Waals surface area contributed by atoms with Crippen LogP contribution in [0.4, 0.5) is 17.6 Å². The van der Waals surface area contributed by atoms with Crippen molar-refractivity contribution in [3.63, 3.8) is 0 Å². The first-order chi connectivity index (χ1) is 16.4. The lowest BCUT2D eigenvalue weighted by molar-refractivity contribution is -0.118. The fourth-order valence-corrected chi connectivity index (χ4v) is 2.88. The van der Waals surface area contributed by atoms with Gasteiger partial charge in [-0.2, -0.15) is 20.2 Å². The SMILES string of the molecule is CCOc1cc(/C=C(\C#N)c2nc(N)nc(N(C)C)n2)ccc1OCC(=O)Nc1ccccc1. The Labute approximate surface area is 197 Å². The van der Waals surface area contributed by atoms with E-state index in [-0.39, 0.29) is 29.9 Å². The van der Waals surface area contributed by atoms with Crippen LogP contribution in [0.25, 0.3) is 11.6 Å². The van der Waals surface area contributed by atoms with Crippen LogP contribution in [0.5, 0.6) is 11.5 Å². The number of nitrogen functional groups attached to an aromatic ring is 1. The maximum Gasteiger partial charge on any atom is 0.262 e. The van der Waals surface area contributed by atoms with Gasteiger partial charge in [0.15, 0.2) is 23.9 Å². The van der Waals surface area contributed by atoms with Crippen LogP contribution >= 0.6 is 0 Å². The van der Waals surface area contributed by atoms with Crippen LogP contribution < -0.4 is 25.4 Å². The Morgan fingerprint density at radius 3 is 2.56 bits per heavy atom. The van der Waals surface area contributed by atoms with Crippen molar-refractivity contribution in [3.05, 3.63) is 59.9 Å². The zero-order valence-electron chi connectivity index (χ0n) is 19.1. The van der Waals surface area contributed by atoms with E-state index in [1.54, 1.807) is 55.4 Å². The van der Waals surface area contributed by atoms with Crippen molar-refractivity contribution in [1.82, 2.24) is 15.0 Å². The van der Waals surface area contributed by atoms with Crippen molar-refractivity contribution < 1.29 is 14.3 Å². The predicted molar refractivity (Wildman–Crippen MR) is 130 cm³/mol. The van der Waals surface area contributed by atoms with Gasteiger partial charge in [-0.15, -0.1) is 0 Å². The number of para-hydroxylation sites is 1. The molecule has 0 bridgehead atoms. The number of benzene rings is 2. The van der Waals surface area contributed by atoms with Gasteiger partial charge in [0.05, 0.1) is 12.2 Å². The summed E-state index contributed by atoms with van der Waals surface area (Å²) in [6.07, 6.45) is 1.61. The van der Waals surface area contributed by atoms with Gasteiger partial charge in [0, 0.05) is 19.8 Å². The molecule has 0 spiro atoms. The maximum atomic E-state index is 12.2. The van der Waals surface area contributed by atoms with E-state index in [2.05, 4.69) is 26.3 Å². The number of nitrogens with two attached hydrogens (primary N) is 1. The Morgan fingerprint density at radius 1 is 1.12 bits per heavy atom. The van der Waals surface area contributed by atoms with E-state index in [9.17, 15) is 10.1 Å². The normalized spacial score (nSPS) is 10.8. The molecule has 0 aliphatic rings. The first-order valence-corrected chi connectivity index (χ1v) is 10.4. The van der Waals surface area contributed by atoms with Gasteiger partial charge in [-0.05, 0) is 42.8 Å². The summed E-state index contributed by atoms with van der Waals surface area (Å²) in [6, 6.07) is 16.3. The number of carbonyl (C=O) groups is 1. The van der Waals surface area contributed by atoms with E-state index in [0.717, 1.165) is 0 Å². The number of hydrogen-bond donors (Lipinski definition) is 2. The molecular formula is C24H25N7O3. The molecule has 10 heteroatoms. The van der Waals surface area contributed by atoms with Crippen molar-refractivity contribution >= 4 is 35.1 Å². The topological polar surface area (TPSA) is 139 Å². The zero-order valence-corrected chi connectivity index (χ0v) is 19.1. The number of aromatic nitrogens is 3. The van der Waals surface area contributed by atoms with Crippen LogP contribution in [0.2, 0.25) is 0 Å². The van der Waals surface area contributed by atoms with Gasteiger partial charge in [-0.25, -0.2) is 0 Å². The van der Waals surface area contributed by atoms with Crippen LogP contribution in [0.3, 0.4) is 0 Å². The number of carbonyl (C=O) groups excluding carboxylic acids is 1. The molecule has 1 aromatic heterocycles. The molecule has 0 saturated carbocycles. The fourth-order valence-electron chi connectivity index (χ4n) is 2.88. The smallest absolute Gasteiger partial charge is 0.262 e. The van der Waals surface area contributed by atoms with Gasteiger partial charge in [0.25, 0.3) is 5.91 Å². The van der Waals surface area contributed by atoms with E-state index in [0.29, 0.717) is 35.3 Å². The summed E-state index contributed by atoms with van der Waals surface area (Å²) in [4.78, 5) is 26.3. The molecule has 0 aliphatic carbocycles. The summed E-state index contributed by atoms with van der Waals surface area (Å²) in [5, 5.41) is 12.4. The number of amides is 1. The van der Waals surface area contributed by atoms with E-state index in [1.165, 1.54) is 0 Å². The predicted octanol–water partition coefficient (Wildman–Crippen LogP) is 3.00. The molecular weight excluding hydrogens is 434 g/mol. The molecule has 3 N–H and O–H groups in total. The Balaban J connectivity index is 1.80. The third kappa shape index (κ3) is 6.43. The molecule has 0 saturated heterocycles. The Hall–Kier alpha value is -4.65. The first-order valence-electron chi connectivity index (χ1n) is 10.4. The monoisotopic (exact) mass is 459 g/mol. The van der Waals surface area contributed by atoms with Crippen molar-refractivity contribution in [3.8, 4) is 17.6 Å². The maximum absolute atomic E-state index is 12.2. The van der Waals surface area contributed by atoms with Crippen LogP contribution in [0.15, 0.2) is 48.5 Å². The highest BCUT2D eigenvalue weighted by atomic mass is 16.5. The molecule has 0 radical (unpaired) electrons. The van der Waals surface area contributed by atoms with E-state index >= 15 is 0 Å². The minimum atomic E-state index is -0.298. The number of nitrogens with one attached hydrogen (secondary N) is 1. The van der Waals surface area contributed by atoms with E-state index in [4.69, 9.17) is 15.2 Å². The first kappa shape index (κ1) is 24.0. The second kappa shape index (κ2) is 11.3. The van der Waals surface area contributed by atoms with Gasteiger partial charge in [-0.3, -0.25) is 4.79 Å². The lowest BCUT2D eigenvalue weighted by Gasteiger charge is -2.13. The van der Waals surface area contributed by atoms with Crippen LogP contribution in [0, 0.1) is 11.3 Å². The van der Waals surface area contributed by atoms with Gasteiger partial charge in [-0.1, -0.05) is 24.3 Å². The van der Waals surface area contributed by atoms with Gasteiger partial charge in [0.2, 0.25) is 11.9 Å².